The molecule has 3 nitrogen and oxygen atoms in total. The van der Waals surface area contributed by atoms with Gasteiger partial charge in [-0.3, -0.25) is 0 Å². The summed E-state index contributed by atoms with van der Waals surface area (Å²) in [5.74, 6) is 1.74. The van der Waals surface area contributed by atoms with Gasteiger partial charge >= 0.3 is 0 Å². The molecule has 0 unspecified atom stereocenters. The molecule has 2 aliphatic rings. The second-order valence-electron chi connectivity index (χ2n) is 4.21. The Morgan fingerprint density at radius 3 is 3.29 bits per heavy atom. The van der Waals surface area contributed by atoms with Gasteiger partial charge < -0.3 is 9.84 Å². The zero-order chi connectivity index (χ0) is 9.54. The van der Waals surface area contributed by atoms with Crippen LogP contribution >= 0.6 is 0 Å². The summed E-state index contributed by atoms with van der Waals surface area (Å²) in [5, 5.41) is 7.45. The van der Waals surface area contributed by atoms with Gasteiger partial charge in [-0.1, -0.05) is 11.2 Å². The lowest BCUT2D eigenvalue weighted by Crippen LogP contribution is -2.24. The van der Waals surface area contributed by atoms with Crippen molar-refractivity contribution in [3.05, 3.63) is 23.6 Å². The maximum absolute atomic E-state index is 5.30. The number of aromatic nitrogens is 1. The van der Waals surface area contributed by atoms with E-state index in [1.54, 1.807) is 0 Å². The van der Waals surface area contributed by atoms with Crippen LogP contribution in [0.1, 0.15) is 24.3 Å². The van der Waals surface area contributed by atoms with Crippen molar-refractivity contribution in [2.75, 3.05) is 6.54 Å². The number of rotatable bonds is 1. The summed E-state index contributed by atoms with van der Waals surface area (Å²) >= 11 is 0. The molecule has 1 N–H and O–H groups in total. The van der Waals surface area contributed by atoms with E-state index in [1.807, 2.05) is 13.0 Å². The SMILES string of the molecule is Cc1cc(C2=CC[C@@H]3CCN[C@H]23)on1. The fraction of sp³-hybridized carbons (Fsp3) is 0.545. The molecular formula is C11H14N2O. The molecule has 0 aromatic carbocycles. The van der Waals surface area contributed by atoms with E-state index in [0.717, 1.165) is 23.9 Å². The van der Waals surface area contributed by atoms with Crippen LogP contribution in [0.15, 0.2) is 16.7 Å². The zero-order valence-corrected chi connectivity index (χ0v) is 8.29. The van der Waals surface area contributed by atoms with Crippen LogP contribution in [-0.4, -0.2) is 17.7 Å². The minimum atomic E-state index is 0.516. The molecule has 2 heterocycles. The van der Waals surface area contributed by atoms with Crippen LogP contribution in [-0.2, 0) is 0 Å². The first-order valence-corrected chi connectivity index (χ1v) is 5.22. The Bertz CT molecular complexity index is 380. The van der Waals surface area contributed by atoms with E-state index < -0.39 is 0 Å². The highest BCUT2D eigenvalue weighted by Crippen LogP contribution is 2.37. The topological polar surface area (TPSA) is 38.1 Å². The Labute approximate surface area is 83.2 Å². The molecular weight excluding hydrogens is 176 g/mol. The molecule has 3 heteroatoms. The van der Waals surface area contributed by atoms with E-state index in [9.17, 15) is 0 Å². The highest BCUT2D eigenvalue weighted by Gasteiger charge is 2.35. The first-order valence-electron chi connectivity index (χ1n) is 5.22. The van der Waals surface area contributed by atoms with Crippen LogP contribution in [0, 0.1) is 12.8 Å². The van der Waals surface area contributed by atoms with E-state index in [4.69, 9.17) is 4.52 Å². The number of nitrogens with one attached hydrogen (secondary N) is 1. The molecule has 1 fully saturated rings. The van der Waals surface area contributed by atoms with Gasteiger partial charge in [0.05, 0.1) is 5.69 Å². The molecule has 1 aliphatic carbocycles. The fourth-order valence-corrected chi connectivity index (χ4v) is 2.53. The minimum absolute atomic E-state index is 0.516. The van der Waals surface area contributed by atoms with Crippen LogP contribution in [0.2, 0.25) is 0 Å². The third-order valence-corrected chi connectivity index (χ3v) is 3.24. The number of allylic oxidation sites excluding steroid dienone is 1. The van der Waals surface area contributed by atoms with Crippen molar-refractivity contribution in [1.82, 2.24) is 10.5 Å². The monoisotopic (exact) mass is 190 g/mol. The molecule has 1 aliphatic heterocycles. The van der Waals surface area contributed by atoms with E-state index >= 15 is 0 Å². The third-order valence-electron chi connectivity index (χ3n) is 3.24. The van der Waals surface area contributed by atoms with Crippen molar-refractivity contribution in [3.8, 4) is 0 Å². The molecule has 1 aromatic rings. The molecule has 14 heavy (non-hydrogen) atoms. The fourth-order valence-electron chi connectivity index (χ4n) is 2.53. The molecule has 1 aromatic heterocycles. The second kappa shape index (κ2) is 2.95. The Morgan fingerprint density at radius 2 is 2.50 bits per heavy atom. The lowest BCUT2D eigenvalue weighted by Gasteiger charge is -2.11. The lowest BCUT2D eigenvalue weighted by atomic mass is 9.99. The van der Waals surface area contributed by atoms with Crippen LogP contribution < -0.4 is 5.32 Å². The summed E-state index contributed by atoms with van der Waals surface area (Å²) in [6.45, 7) is 3.10. The minimum Gasteiger partial charge on any atom is -0.356 e. The van der Waals surface area contributed by atoms with E-state index in [1.165, 1.54) is 18.4 Å². The molecule has 0 radical (unpaired) electrons. The van der Waals surface area contributed by atoms with Gasteiger partial charge in [-0.2, -0.15) is 0 Å². The average molecular weight is 190 g/mol. The van der Waals surface area contributed by atoms with Crippen molar-refractivity contribution < 1.29 is 4.52 Å². The Kier molecular flexibility index (Phi) is 1.74. The van der Waals surface area contributed by atoms with Gasteiger partial charge in [0, 0.05) is 17.7 Å². The maximum Gasteiger partial charge on any atom is 0.164 e. The zero-order valence-electron chi connectivity index (χ0n) is 8.29. The van der Waals surface area contributed by atoms with Gasteiger partial charge in [-0.15, -0.1) is 0 Å². The first-order chi connectivity index (χ1) is 6.84. The number of fused-ring (bicyclic) bond motifs is 1. The van der Waals surface area contributed by atoms with E-state index in [-0.39, 0.29) is 0 Å². The molecule has 0 saturated carbocycles. The van der Waals surface area contributed by atoms with Gasteiger partial charge in [0.15, 0.2) is 5.76 Å². The number of aryl methyl sites for hydroxylation is 1. The van der Waals surface area contributed by atoms with Crippen molar-refractivity contribution in [2.45, 2.75) is 25.8 Å². The molecule has 3 rings (SSSR count). The van der Waals surface area contributed by atoms with Crippen LogP contribution in [0.3, 0.4) is 0 Å². The normalized spacial score (nSPS) is 30.5. The second-order valence-corrected chi connectivity index (χ2v) is 4.21. The van der Waals surface area contributed by atoms with Crippen molar-refractivity contribution in [2.24, 2.45) is 5.92 Å². The third kappa shape index (κ3) is 1.12. The lowest BCUT2D eigenvalue weighted by molar-refractivity contribution is 0.401. The molecule has 74 valence electrons. The van der Waals surface area contributed by atoms with Crippen molar-refractivity contribution >= 4 is 5.57 Å². The van der Waals surface area contributed by atoms with Gasteiger partial charge in [0.25, 0.3) is 0 Å². The highest BCUT2D eigenvalue weighted by molar-refractivity contribution is 5.69. The Balaban J connectivity index is 1.92. The summed E-state index contributed by atoms with van der Waals surface area (Å²) in [6.07, 6.45) is 4.77. The predicted octanol–water partition coefficient (Wildman–Crippen LogP) is 1.75. The maximum atomic E-state index is 5.30. The summed E-state index contributed by atoms with van der Waals surface area (Å²) in [4.78, 5) is 0. The summed E-state index contributed by atoms with van der Waals surface area (Å²) < 4.78 is 5.30. The average Bonchev–Trinajstić information content (AvgIpc) is 2.77. The molecule has 0 amide bonds. The molecule has 0 spiro atoms. The van der Waals surface area contributed by atoms with Crippen molar-refractivity contribution in [1.29, 1.82) is 0 Å². The quantitative estimate of drug-likeness (QED) is 0.733. The number of hydrogen-bond acceptors (Lipinski definition) is 3. The number of hydrogen-bond donors (Lipinski definition) is 1. The van der Waals surface area contributed by atoms with Crippen LogP contribution in [0.5, 0.6) is 0 Å². The Morgan fingerprint density at radius 1 is 1.57 bits per heavy atom. The van der Waals surface area contributed by atoms with E-state index in [0.29, 0.717) is 6.04 Å². The van der Waals surface area contributed by atoms with E-state index in [2.05, 4.69) is 16.5 Å². The summed E-state index contributed by atoms with van der Waals surface area (Å²) in [6, 6.07) is 2.54. The van der Waals surface area contributed by atoms with Crippen molar-refractivity contribution in [3.63, 3.8) is 0 Å². The molecule has 2 atom stereocenters. The van der Waals surface area contributed by atoms with Crippen LogP contribution in [0.4, 0.5) is 0 Å². The van der Waals surface area contributed by atoms with Crippen LogP contribution in [0.25, 0.3) is 5.57 Å². The molecule has 0 bridgehead atoms. The van der Waals surface area contributed by atoms with Gasteiger partial charge in [0.1, 0.15) is 0 Å². The largest absolute Gasteiger partial charge is 0.356 e. The standard InChI is InChI=1S/C11H14N2O/c1-7-6-10(14-13-7)9-3-2-8-4-5-12-11(8)9/h3,6,8,11-12H,2,4-5H2,1H3/t8-,11+/m1/s1. The molecule has 1 saturated heterocycles. The van der Waals surface area contributed by atoms with Gasteiger partial charge in [-0.25, -0.2) is 0 Å². The predicted molar refractivity (Wildman–Crippen MR) is 53.7 cm³/mol. The number of nitrogens with zero attached hydrogens (tertiary/aromatic N) is 1. The van der Waals surface area contributed by atoms with Gasteiger partial charge in [-0.05, 0) is 32.2 Å². The Hall–Kier alpha value is -1.09. The summed E-state index contributed by atoms with van der Waals surface area (Å²) in [5.41, 5.74) is 2.27. The smallest absolute Gasteiger partial charge is 0.164 e. The highest BCUT2D eigenvalue weighted by atomic mass is 16.5. The summed E-state index contributed by atoms with van der Waals surface area (Å²) in [7, 11) is 0. The first kappa shape index (κ1) is 8.24. The van der Waals surface area contributed by atoms with Gasteiger partial charge in [0.2, 0.25) is 0 Å².